The largest absolute Gasteiger partial charge is 0.248 e. The van der Waals surface area contributed by atoms with Crippen molar-refractivity contribution >= 4 is 15.9 Å². The van der Waals surface area contributed by atoms with Gasteiger partial charge in [0.15, 0.2) is 0 Å². The van der Waals surface area contributed by atoms with Crippen LogP contribution in [0, 0.1) is 11.8 Å². The summed E-state index contributed by atoms with van der Waals surface area (Å²) in [5.41, 5.74) is 0.841. The average Bonchev–Trinajstić information content (AvgIpc) is 2.07. The molecule has 1 aromatic heterocycles. The Morgan fingerprint density at radius 3 is 3.00 bits per heavy atom. The molecule has 0 radical (unpaired) electrons. The molecule has 0 N–H and O–H groups in total. The van der Waals surface area contributed by atoms with Gasteiger partial charge in [0.1, 0.15) is 5.69 Å². The normalized spacial score (nSPS) is 8.45. The van der Waals surface area contributed by atoms with Crippen LogP contribution in [0.5, 0.6) is 0 Å². The van der Waals surface area contributed by atoms with Crippen LogP contribution in [0.3, 0.4) is 0 Å². The Bertz CT molecular complexity index is 258. The van der Waals surface area contributed by atoms with Gasteiger partial charge >= 0.3 is 0 Å². The Labute approximate surface area is 75.0 Å². The number of halogens is 1. The van der Waals surface area contributed by atoms with E-state index >= 15 is 0 Å². The van der Waals surface area contributed by atoms with Gasteiger partial charge in [-0.1, -0.05) is 27.9 Å². The molecule has 2 heteroatoms. The standard InChI is InChI=1S/C9H8BrN/c10-7-3-1-5-9-6-2-4-8-11-9/h2,4,6,8H,3,7H2. The lowest BCUT2D eigenvalue weighted by Gasteiger charge is -1.84. The molecule has 11 heavy (non-hydrogen) atoms. The SMILES string of the molecule is BrCCC#Cc1ccccn1. The zero-order valence-corrected chi connectivity index (χ0v) is 7.63. The van der Waals surface area contributed by atoms with E-state index in [1.165, 1.54) is 0 Å². The number of hydrogen-bond donors (Lipinski definition) is 0. The minimum Gasteiger partial charge on any atom is -0.248 e. The molecule has 0 aliphatic carbocycles. The van der Waals surface area contributed by atoms with E-state index in [4.69, 9.17) is 0 Å². The van der Waals surface area contributed by atoms with Gasteiger partial charge in [-0.15, -0.1) is 0 Å². The van der Waals surface area contributed by atoms with Gasteiger partial charge in [0.05, 0.1) is 0 Å². The van der Waals surface area contributed by atoms with Gasteiger partial charge in [0.25, 0.3) is 0 Å². The van der Waals surface area contributed by atoms with Gasteiger partial charge in [-0.2, -0.15) is 0 Å². The van der Waals surface area contributed by atoms with Gasteiger partial charge in [-0.3, -0.25) is 0 Å². The Morgan fingerprint density at radius 1 is 1.45 bits per heavy atom. The summed E-state index contributed by atoms with van der Waals surface area (Å²) in [6, 6.07) is 5.72. The van der Waals surface area contributed by atoms with E-state index in [-0.39, 0.29) is 0 Å². The van der Waals surface area contributed by atoms with Crippen LogP contribution in [-0.4, -0.2) is 10.3 Å². The van der Waals surface area contributed by atoms with Crippen molar-refractivity contribution < 1.29 is 0 Å². The zero-order chi connectivity index (χ0) is 7.94. The summed E-state index contributed by atoms with van der Waals surface area (Å²) in [5, 5.41) is 0.923. The van der Waals surface area contributed by atoms with Crippen molar-refractivity contribution in [1.29, 1.82) is 0 Å². The van der Waals surface area contributed by atoms with Gasteiger partial charge in [-0.05, 0) is 18.1 Å². The molecule has 0 unspecified atom stereocenters. The van der Waals surface area contributed by atoms with E-state index in [1.54, 1.807) is 6.20 Å². The molecular weight excluding hydrogens is 202 g/mol. The minimum absolute atomic E-state index is 0.841. The Hall–Kier alpha value is -0.810. The predicted octanol–water partition coefficient (Wildman–Crippen LogP) is 2.22. The van der Waals surface area contributed by atoms with Crippen molar-refractivity contribution in [1.82, 2.24) is 4.98 Å². The number of aromatic nitrogens is 1. The first-order chi connectivity index (χ1) is 5.43. The van der Waals surface area contributed by atoms with Gasteiger partial charge in [0, 0.05) is 17.9 Å². The molecule has 0 aromatic carbocycles. The third-order valence-corrected chi connectivity index (χ3v) is 1.50. The van der Waals surface area contributed by atoms with Crippen molar-refractivity contribution in [3.63, 3.8) is 0 Å². The Balaban J connectivity index is 2.59. The number of hydrogen-bond acceptors (Lipinski definition) is 1. The molecular formula is C9H8BrN. The maximum absolute atomic E-state index is 4.06. The number of pyridine rings is 1. The molecule has 1 nitrogen and oxygen atoms in total. The summed E-state index contributed by atoms with van der Waals surface area (Å²) in [6.07, 6.45) is 2.62. The second-order valence-corrected chi connectivity index (χ2v) is 2.75. The topological polar surface area (TPSA) is 12.9 Å². The lowest BCUT2D eigenvalue weighted by Crippen LogP contribution is -1.78. The first-order valence-electron chi connectivity index (χ1n) is 3.39. The summed E-state index contributed by atoms with van der Waals surface area (Å²) >= 11 is 3.30. The molecule has 1 heterocycles. The van der Waals surface area contributed by atoms with E-state index in [2.05, 4.69) is 32.8 Å². The lowest BCUT2D eigenvalue weighted by molar-refractivity contribution is 1.27. The van der Waals surface area contributed by atoms with Crippen molar-refractivity contribution in [3.05, 3.63) is 30.1 Å². The highest BCUT2D eigenvalue weighted by molar-refractivity contribution is 9.09. The second-order valence-electron chi connectivity index (χ2n) is 1.96. The van der Waals surface area contributed by atoms with E-state index in [9.17, 15) is 0 Å². The molecule has 1 aromatic rings. The smallest absolute Gasteiger partial charge is 0.113 e. The minimum atomic E-state index is 0.841. The number of alkyl halides is 1. The second kappa shape index (κ2) is 4.92. The van der Waals surface area contributed by atoms with Crippen LogP contribution < -0.4 is 0 Å². The molecule has 0 aliphatic heterocycles. The monoisotopic (exact) mass is 209 g/mol. The maximum atomic E-state index is 4.06. The number of rotatable bonds is 1. The van der Waals surface area contributed by atoms with Crippen LogP contribution in [0.25, 0.3) is 0 Å². The fourth-order valence-electron chi connectivity index (χ4n) is 0.637. The molecule has 0 atom stereocenters. The van der Waals surface area contributed by atoms with E-state index < -0.39 is 0 Å². The highest BCUT2D eigenvalue weighted by Gasteiger charge is 1.81. The van der Waals surface area contributed by atoms with Gasteiger partial charge in [0.2, 0.25) is 0 Å². The fourth-order valence-corrected chi connectivity index (χ4v) is 0.835. The highest BCUT2D eigenvalue weighted by Crippen LogP contribution is 1.90. The quantitative estimate of drug-likeness (QED) is 0.511. The van der Waals surface area contributed by atoms with E-state index in [0.717, 1.165) is 17.4 Å². The van der Waals surface area contributed by atoms with Crippen LogP contribution >= 0.6 is 15.9 Å². The number of nitrogens with zero attached hydrogens (tertiary/aromatic N) is 1. The fraction of sp³-hybridized carbons (Fsp3) is 0.222. The van der Waals surface area contributed by atoms with Crippen LogP contribution in [0.4, 0.5) is 0 Å². The summed E-state index contributed by atoms with van der Waals surface area (Å²) < 4.78 is 0. The molecule has 0 saturated heterocycles. The molecule has 0 spiro atoms. The van der Waals surface area contributed by atoms with E-state index in [0.29, 0.717) is 0 Å². The summed E-state index contributed by atoms with van der Waals surface area (Å²) in [5.74, 6) is 5.95. The molecule has 0 fully saturated rings. The van der Waals surface area contributed by atoms with Crippen molar-refractivity contribution in [2.45, 2.75) is 6.42 Å². The first kappa shape index (κ1) is 8.29. The zero-order valence-electron chi connectivity index (χ0n) is 6.05. The average molecular weight is 210 g/mol. The van der Waals surface area contributed by atoms with Crippen LogP contribution in [0.2, 0.25) is 0 Å². The molecule has 0 aliphatic rings. The maximum Gasteiger partial charge on any atom is 0.113 e. The third kappa shape index (κ3) is 3.20. The van der Waals surface area contributed by atoms with E-state index in [1.807, 2.05) is 18.2 Å². The third-order valence-electron chi connectivity index (χ3n) is 1.10. The predicted molar refractivity (Wildman–Crippen MR) is 49.5 cm³/mol. The van der Waals surface area contributed by atoms with Crippen LogP contribution in [0.15, 0.2) is 24.4 Å². The first-order valence-corrected chi connectivity index (χ1v) is 4.51. The Morgan fingerprint density at radius 2 is 2.36 bits per heavy atom. The Kier molecular flexibility index (Phi) is 3.71. The molecule has 0 bridgehead atoms. The molecule has 1 rings (SSSR count). The summed E-state index contributed by atoms with van der Waals surface area (Å²) in [7, 11) is 0. The molecule has 0 amide bonds. The summed E-state index contributed by atoms with van der Waals surface area (Å²) in [6.45, 7) is 0. The van der Waals surface area contributed by atoms with Crippen molar-refractivity contribution in [2.75, 3.05) is 5.33 Å². The lowest BCUT2D eigenvalue weighted by atomic mass is 10.3. The van der Waals surface area contributed by atoms with Gasteiger partial charge in [-0.25, -0.2) is 4.98 Å². The van der Waals surface area contributed by atoms with Crippen LogP contribution in [-0.2, 0) is 0 Å². The summed E-state index contributed by atoms with van der Waals surface area (Å²) in [4.78, 5) is 4.06. The molecule has 56 valence electrons. The molecule has 0 saturated carbocycles. The van der Waals surface area contributed by atoms with Gasteiger partial charge < -0.3 is 0 Å². The van der Waals surface area contributed by atoms with Crippen molar-refractivity contribution in [2.24, 2.45) is 0 Å². The van der Waals surface area contributed by atoms with Crippen molar-refractivity contribution in [3.8, 4) is 11.8 Å². The highest BCUT2D eigenvalue weighted by atomic mass is 79.9. The van der Waals surface area contributed by atoms with Crippen LogP contribution in [0.1, 0.15) is 12.1 Å².